The summed E-state index contributed by atoms with van der Waals surface area (Å²) in [6.45, 7) is 0. The number of rotatable bonds is 2. The van der Waals surface area contributed by atoms with E-state index < -0.39 is 16.0 Å². The predicted octanol–water partition coefficient (Wildman–Crippen LogP) is 3.01. The lowest BCUT2D eigenvalue weighted by Crippen LogP contribution is -2.16. The minimum atomic E-state index is -1.16. The summed E-state index contributed by atoms with van der Waals surface area (Å²) in [6.07, 6.45) is -0.102. The molecule has 2 rings (SSSR count). The number of nitrogens with two attached hydrogens (primary N) is 1. The van der Waals surface area contributed by atoms with Crippen LogP contribution in [0.25, 0.3) is 0 Å². The molecule has 6 heteroatoms. The summed E-state index contributed by atoms with van der Waals surface area (Å²) in [4.78, 5) is 11.1. The fourth-order valence-electron chi connectivity index (χ4n) is 1.70. The smallest absolute Gasteiger partial charge is 0.336 e. The second kappa shape index (κ2) is 4.23. The molecular weight excluding hydrogens is 265 g/mol. The number of allylic oxidation sites excluding steroid dienone is 1. The van der Waals surface area contributed by atoms with Crippen LogP contribution in [0.1, 0.15) is 22.3 Å². The number of carboxylic acid groups (broad SMARTS) is 1. The molecule has 1 atom stereocenters. The zero-order valence-electron chi connectivity index (χ0n) is 8.61. The fraction of sp³-hybridized carbons (Fsp3) is 0.182. The Hall–Kier alpha value is -1.20. The molecule has 0 aromatic heterocycles. The van der Waals surface area contributed by atoms with Gasteiger partial charge in [-0.15, -0.1) is 11.6 Å². The Labute approximate surface area is 106 Å². The van der Waals surface area contributed by atoms with Crippen LogP contribution in [-0.4, -0.2) is 11.1 Å². The fourth-order valence-corrected chi connectivity index (χ4v) is 3.25. The van der Waals surface area contributed by atoms with E-state index in [1.165, 1.54) is 6.07 Å². The summed E-state index contributed by atoms with van der Waals surface area (Å²) in [5, 5.41) is 9.08. The van der Waals surface area contributed by atoms with Crippen molar-refractivity contribution in [3.05, 3.63) is 46.2 Å². The van der Waals surface area contributed by atoms with E-state index in [9.17, 15) is 9.18 Å². The molecule has 0 radical (unpaired) electrons. The highest BCUT2D eigenvalue weighted by Gasteiger charge is 2.41. The number of carbonyl (C=O) groups is 1. The van der Waals surface area contributed by atoms with Gasteiger partial charge in [-0.05, 0) is 11.6 Å². The van der Waals surface area contributed by atoms with Crippen LogP contribution >= 0.6 is 23.4 Å². The van der Waals surface area contributed by atoms with Gasteiger partial charge in [-0.3, -0.25) is 0 Å². The second-order valence-corrected chi connectivity index (χ2v) is 5.84. The second-order valence-electron chi connectivity index (χ2n) is 3.63. The Bertz CT molecular complexity index is 504. The third-order valence-corrected chi connectivity index (χ3v) is 4.18. The lowest BCUT2D eigenvalue weighted by Gasteiger charge is -2.22. The molecule has 1 aromatic carbocycles. The van der Waals surface area contributed by atoms with Gasteiger partial charge in [0.15, 0.2) is 0 Å². The number of aromatic carboxylic acids is 1. The maximum Gasteiger partial charge on any atom is 0.336 e. The third kappa shape index (κ3) is 2.12. The molecule has 0 fully saturated rings. The van der Waals surface area contributed by atoms with E-state index in [1.54, 1.807) is 18.2 Å². The molecule has 0 saturated carbocycles. The number of carboxylic acids is 1. The number of alkyl halides is 1. The number of thioether (sulfide) groups is 1. The number of hydrogen-bond acceptors (Lipinski definition) is 3. The standard InChI is InChI=1S/C11H9ClFNO2S/c12-11(5-8(13)9(14)17-11)7-4-2-1-3-6(7)10(15)16/h1-4H,5,14H2,(H,15,16). The first-order valence-corrected chi connectivity index (χ1v) is 5.98. The summed E-state index contributed by atoms with van der Waals surface area (Å²) in [6, 6.07) is 6.28. The van der Waals surface area contributed by atoms with Crippen molar-refractivity contribution in [3.8, 4) is 0 Å². The Kier molecular flexibility index (Phi) is 3.05. The van der Waals surface area contributed by atoms with Crippen molar-refractivity contribution in [2.45, 2.75) is 10.6 Å². The van der Waals surface area contributed by atoms with Gasteiger partial charge in [0.25, 0.3) is 0 Å². The molecule has 3 N–H and O–H groups in total. The van der Waals surface area contributed by atoms with E-state index in [4.69, 9.17) is 22.4 Å². The zero-order chi connectivity index (χ0) is 12.6. The van der Waals surface area contributed by atoms with Gasteiger partial charge in [0.2, 0.25) is 0 Å². The first kappa shape index (κ1) is 12.3. The quantitative estimate of drug-likeness (QED) is 0.813. The maximum absolute atomic E-state index is 13.3. The average molecular weight is 274 g/mol. The number of halogens is 2. The molecule has 0 saturated heterocycles. The van der Waals surface area contributed by atoms with E-state index >= 15 is 0 Å². The molecule has 3 nitrogen and oxygen atoms in total. The van der Waals surface area contributed by atoms with Crippen molar-refractivity contribution < 1.29 is 14.3 Å². The molecule has 1 heterocycles. The van der Waals surface area contributed by atoms with E-state index in [0.29, 0.717) is 5.56 Å². The van der Waals surface area contributed by atoms with Gasteiger partial charge < -0.3 is 10.8 Å². The summed E-state index contributed by atoms with van der Waals surface area (Å²) in [7, 11) is 0. The molecule has 0 bridgehead atoms. The predicted molar refractivity (Wildman–Crippen MR) is 65.5 cm³/mol. The summed E-state index contributed by atoms with van der Waals surface area (Å²) in [5.74, 6) is -1.59. The van der Waals surface area contributed by atoms with Gasteiger partial charge in [-0.2, -0.15) is 0 Å². The van der Waals surface area contributed by atoms with Crippen LogP contribution in [0.2, 0.25) is 0 Å². The number of hydrogen-bond donors (Lipinski definition) is 2. The molecule has 1 aliphatic heterocycles. The molecule has 0 spiro atoms. The van der Waals surface area contributed by atoms with Gasteiger partial charge in [0.05, 0.1) is 10.6 Å². The Morgan fingerprint density at radius 3 is 2.71 bits per heavy atom. The highest BCUT2D eigenvalue weighted by molar-refractivity contribution is 8.05. The first-order valence-electron chi connectivity index (χ1n) is 4.79. The van der Waals surface area contributed by atoms with Gasteiger partial charge in [0.1, 0.15) is 10.0 Å². The monoisotopic (exact) mass is 273 g/mol. The highest BCUT2D eigenvalue weighted by Crippen LogP contribution is 2.55. The highest BCUT2D eigenvalue weighted by atomic mass is 35.5. The van der Waals surface area contributed by atoms with Crippen LogP contribution in [0.4, 0.5) is 4.39 Å². The largest absolute Gasteiger partial charge is 0.478 e. The Morgan fingerprint density at radius 2 is 2.18 bits per heavy atom. The minimum Gasteiger partial charge on any atom is -0.478 e. The van der Waals surface area contributed by atoms with Gasteiger partial charge in [-0.25, -0.2) is 9.18 Å². The molecule has 0 aliphatic carbocycles. The van der Waals surface area contributed by atoms with E-state index in [1.807, 2.05) is 0 Å². The zero-order valence-corrected chi connectivity index (χ0v) is 10.2. The lowest BCUT2D eigenvalue weighted by molar-refractivity contribution is 0.0695. The van der Waals surface area contributed by atoms with Crippen LogP contribution in [-0.2, 0) is 4.21 Å². The van der Waals surface area contributed by atoms with Gasteiger partial charge >= 0.3 is 5.97 Å². The Morgan fingerprint density at radius 1 is 1.53 bits per heavy atom. The van der Waals surface area contributed by atoms with Gasteiger partial charge in [0, 0.05) is 6.42 Å². The maximum atomic E-state index is 13.3. The van der Waals surface area contributed by atoms with Crippen molar-refractivity contribution in [2.24, 2.45) is 5.73 Å². The van der Waals surface area contributed by atoms with Crippen molar-refractivity contribution in [3.63, 3.8) is 0 Å². The normalized spacial score (nSPS) is 24.1. The van der Waals surface area contributed by atoms with Crippen LogP contribution in [0.5, 0.6) is 0 Å². The van der Waals surface area contributed by atoms with E-state index in [0.717, 1.165) is 11.8 Å². The molecule has 1 aromatic rings. The van der Waals surface area contributed by atoms with Crippen LogP contribution < -0.4 is 5.73 Å². The molecule has 1 unspecified atom stereocenters. The minimum absolute atomic E-state index is 0.0141. The molecule has 90 valence electrons. The van der Waals surface area contributed by atoms with E-state index in [2.05, 4.69) is 0 Å². The van der Waals surface area contributed by atoms with Crippen molar-refractivity contribution in [1.82, 2.24) is 0 Å². The van der Waals surface area contributed by atoms with Crippen molar-refractivity contribution in [2.75, 3.05) is 0 Å². The summed E-state index contributed by atoms with van der Waals surface area (Å²) >= 11 is 7.22. The SMILES string of the molecule is NC1=C(F)CC(Cl)(c2ccccc2C(=O)O)S1. The molecule has 17 heavy (non-hydrogen) atoms. The first-order chi connectivity index (χ1) is 7.94. The summed E-state index contributed by atoms with van der Waals surface area (Å²) in [5.41, 5.74) is 5.89. The topological polar surface area (TPSA) is 63.3 Å². The van der Waals surface area contributed by atoms with Crippen molar-refractivity contribution in [1.29, 1.82) is 0 Å². The lowest BCUT2D eigenvalue weighted by atomic mass is 10.0. The van der Waals surface area contributed by atoms with Crippen LogP contribution in [0, 0.1) is 0 Å². The molecule has 1 aliphatic rings. The Balaban J connectivity index is 2.46. The van der Waals surface area contributed by atoms with Crippen LogP contribution in [0.15, 0.2) is 35.1 Å². The van der Waals surface area contributed by atoms with Gasteiger partial charge in [-0.1, -0.05) is 30.0 Å². The van der Waals surface area contributed by atoms with Crippen LogP contribution in [0.3, 0.4) is 0 Å². The number of benzene rings is 1. The molecule has 0 amide bonds. The average Bonchev–Trinajstić information content (AvgIpc) is 2.54. The third-order valence-electron chi connectivity index (χ3n) is 2.48. The summed E-state index contributed by atoms with van der Waals surface area (Å²) < 4.78 is 12.2. The molecular formula is C11H9ClFNO2S. The van der Waals surface area contributed by atoms with E-state index in [-0.39, 0.29) is 17.0 Å². The van der Waals surface area contributed by atoms with Crippen molar-refractivity contribution >= 4 is 29.3 Å².